The van der Waals surface area contributed by atoms with Crippen LogP contribution in [0.1, 0.15) is 18.1 Å². The highest BCUT2D eigenvalue weighted by Gasteiger charge is 2.16. The number of hydrogen-bond donors (Lipinski definition) is 3. The van der Waals surface area contributed by atoms with E-state index in [4.69, 9.17) is 4.74 Å². The lowest BCUT2D eigenvalue weighted by atomic mass is 10.00. The number of fused-ring (bicyclic) bond motifs is 1. The summed E-state index contributed by atoms with van der Waals surface area (Å²) in [5.74, 6) is 0.601. The third-order valence-corrected chi connectivity index (χ3v) is 3.91. The second-order valence-electron chi connectivity index (χ2n) is 5.91. The summed E-state index contributed by atoms with van der Waals surface area (Å²) in [5, 5.41) is 31.4. The van der Waals surface area contributed by atoms with Gasteiger partial charge in [-0.1, -0.05) is 42.5 Å². The van der Waals surface area contributed by atoms with Gasteiger partial charge in [-0.3, -0.25) is 0 Å². The Morgan fingerprint density at radius 1 is 1.00 bits per heavy atom. The van der Waals surface area contributed by atoms with Crippen LogP contribution in [0.25, 0.3) is 10.8 Å². The summed E-state index contributed by atoms with van der Waals surface area (Å²) < 4.78 is 5.84. The Morgan fingerprint density at radius 2 is 1.75 bits per heavy atom. The first-order chi connectivity index (χ1) is 11.6. The summed E-state index contributed by atoms with van der Waals surface area (Å²) in [7, 11) is 0. The Labute approximate surface area is 140 Å². The van der Waals surface area contributed by atoms with Crippen LogP contribution in [0.3, 0.4) is 0 Å². The van der Waals surface area contributed by atoms with Crippen LogP contribution < -0.4 is 4.74 Å². The van der Waals surface area contributed by atoms with Crippen molar-refractivity contribution in [3.8, 4) is 17.2 Å². The zero-order valence-corrected chi connectivity index (χ0v) is 13.4. The molecule has 4 nitrogen and oxygen atoms in total. The molecule has 0 heterocycles. The molecule has 24 heavy (non-hydrogen) atoms. The zero-order chi connectivity index (χ0) is 17.1. The van der Waals surface area contributed by atoms with E-state index in [0.717, 1.165) is 5.56 Å². The number of aliphatic hydroxyl groups is 1. The van der Waals surface area contributed by atoms with Crippen molar-refractivity contribution in [2.45, 2.75) is 26.1 Å². The summed E-state index contributed by atoms with van der Waals surface area (Å²) in [5.41, 5.74) is 1.53. The van der Waals surface area contributed by atoms with Crippen LogP contribution in [0.4, 0.5) is 0 Å². The van der Waals surface area contributed by atoms with Crippen LogP contribution in [0.2, 0.25) is 0 Å². The second kappa shape index (κ2) is 6.81. The average molecular weight is 324 g/mol. The first kappa shape index (κ1) is 16.1. The molecule has 0 aromatic heterocycles. The SMILES string of the molecule is C[C@@H](O)Cc1cc(O)c2c(OCc3ccccc3)cccc2c1O. The van der Waals surface area contributed by atoms with Crippen molar-refractivity contribution in [1.82, 2.24) is 0 Å². The Balaban J connectivity index is 1.99. The van der Waals surface area contributed by atoms with Gasteiger partial charge in [0.05, 0.1) is 11.5 Å². The smallest absolute Gasteiger partial charge is 0.131 e. The Morgan fingerprint density at radius 3 is 2.46 bits per heavy atom. The first-order valence-electron chi connectivity index (χ1n) is 7.87. The van der Waals surface area contributed by atoms with E-state index in [0.29, 0.717) is 28.7 Å². The molecule has 0 amide bonds. The molecule has 124 valence electrons. The molecule has 3 N–H and O–H groups in total. The van der Waals surface area contributed by atoms with Crippen LogP contribution in [0, 0.1) is 0 Å². The van der Waals surface area contributed by atoms with Crippen LogP contribution >= 0.6 is 0 Å². The van der Waals surface area contributed by atoms with Crippen molar-refractivity contribution in [2.75, 3.05) is 0 Å². The quantitative estimate of drug-likeness (QED) is 0.625. The predicted octanol–water partition coefficient (Wildman–Crippen LogP) is 3.75. The molecular formula is C20H20O4. The van der Waals surface area contributed by atoms with Gasteiger partial charge in [0.2, 0.25) is 0 Å². The van der Waals surface area contributed by atoms with E-state index < -0.39 is 6.10 Å². The van der Waals surface area contributed by atoms with Gasteiger partial charge in [-0.2, -0.15) is 0 Å². The van der Waals surface area contributed by atoms with Crippen LogP contribution in [-0.2, 0) is 13.0 Å². The van der Waals surface area contributed by atoms with E-state index in [9.17, 15) is 15.3 Å². The molecule has 3 aromatic rings. The minimum atomic E-state index is -0.606. The molecule has 0 bridgehead atoms. The van der Waals surface area contributed by atoms with Crippen molar-refractivity contribution in [1.29, 1.82) is 0 Å². The van der Waals surface area contributed by atoms with Crippen molar-refractivity contribution in [3.05, 3.63) is 65.7 Å². The lowest BCUT2D eigenvalue weighted by Gasteiger charge is -2.15. The number of rotatable bonds is 5. The predicted molar refractivity (Wildman–Crippen MR) is 93.4 cm³/mol. The Bertz CT molecular complexity index is 841. The van der Waals surface area contributed by atoms with Crippen molar-refractivity contribution >= 4 is 10.8 Å². The summed E-state index contributed by atoms with van der Waals surface area (Å²) in [4.78, 5) is 0. The lowest BCUT2D eigenvalue weighted by molar-refractivity contribution is 0.194. The molecule has 3 rings (SSSR count). The normalized spacial score (nSPS) is 12.2. The minimum Gasteiger partial charge on any atom is -0.507 e. The summed E-state index contributed by atoms with van der Waals surface area (Å²) >= 11 is 0. The van der Waals surface area contributed by atoms with Gasteiger partial charge in [0.15, 0.2) is 0 Å². The van der Waals surface area contributed by atoms with E-state index in [-0.39, 0.29) is 17.9 Å². The number of phenols is 2. The van der Waals surface area contributed by atoms with E-state index in [2.05, 4.69) is 0 Å². The number of benzene rings is 3. The number of phenolic OH excluding ortho intramolecular Hbond substituents is 2. The Kier molecular flexibility index (Phi) is 4.58. The third-order valence-electron chi connectivity index (χ3n) is 3.91. The average Bonchev–Trinajstić information content (AvgIpc) is 2.58. The lowest BCUT2D eigenvalue weighted by Crippen LogP contribution is -2.04. The van der Waals surface area contributed by atoms with Gasteiger partial charge in [0.1, 0.15) is 23.9 Å². The van der Waals surface area contributed by atoms with Gasteiger partial charge in [0, 0.05) is 17.4 Å². The van der Waals surface area contributed by atoms with Gasteiger partial charge in [-0.05, 0) is 24.6 Å². The number of hydrogen-bond acceptors (Lipinski definition) is 4. The number of aromatic hydroxyl groups is 2. The monoisotopic (exact) mass is 324 g/mol. The third kappa shape index (κ3) is 3.29. The highest BCUT2D eigenvalue weighted by Crippen LogP contribution is 2.41. The van der Waals surface area contributed by atoms with Crippen molar-refractivity contribution < 1.29 is 20.1 Å². The van der Waals surface area contributed by atoms with Gasteiger partial charge in [-0.25, -0.2) is 0 Å². The highest BCUT2D eigenvalue weighted by atomic mass is 16.5. The fraction of sp³-hybridized carbons (Fsp3) is 0.200. The molecule has 0 saturated heterocycles. The maximum atomic E-state index is 10.5. The molecule has 0 radical (unpaired) electrons. The maximum Gasteiger partial charge on any atom is 0.131 e. The van der Waals surface area contributed by atoms with Crippen LogP contribution in [-0.4, -0.2) is 21.4 Å². The molecule has 0 aliphatic rings. The number of aliphatic hydroxyl groups excluding tert-OH is 1. The highest BCUT2D eigenvalue weighted by molar-refractivity contribution is 5.98. The standard InChI is InChI=1S/C20H20O4/c1-13(21)10-15-11-17(22)19-16(20(15)23)8-5-9-18(19)24-12-14-6-3-2-4-7-14/h2-9,11,13,21-23H,10,12H2,1H3/t13-/m1/s1. The molecule has 1 atom stereocenters. The van der Waals surface area contributed by atoms with E-state index in [1.54, 1.807) is 25.1 Å². The molecule has 0 unspecified atom stereocenters. The first-order valence-corrected chi connectivity index (χ1v) is 7.87. The molecule has 4 heteroatoms. The summed E-state index contributed by atoms with van der Waals surface area (Å²) in [6.07, 6.45) is -0.338. The van der Waals surface area contributed by atoms with Crippen LogP contribution in [0.15, 0.2) is 54.6 Å². The zero-order valence-electron chi connectivity index (χ0n) is 13.4. The number of ether oxygens (including phenoxy) is 1. The van der Waals surface area contributed by atoms with Crippen molar-refractivity contribution in [2.24, 2.45) is 0 Å². The fourth-order valence-corrected chi connectivity index (χ4v) is 2.80. The van der Waals surface area contributed by atoms with E-state index in [1.807, 2.05) is 30.3 Å². The molecule has 0 aliphatic carbocycles. The molecule has 3 aromatic carbocycles. The van der Waals surface area contributed by atoms with E-state index in [1.165, 1.54) is 6.07 Å². The second-order valence-corrected chi connectivity index (χ2v) is 5.91. The summed E-state index contributed by atoms with van der Waals surface area (Å²) in [6.45, 7) is 2.01. The molecule has 0 saturated carbocycles. The molecule has 0 fully saturated rings. The Hall–Kier alpha value is -2.72. The van der Waals surface area contributed by atoms with Gasteiger partial charge in [0.25, 0.3) is 0 Å². The largest absolute Gasteiger partial charge is 0.507 e. The summed E-state index contributed by atoms with van der Waals surface area (Å²) in [6, 6.07) is 16.5. The van der Waals surface area contributed by atoms with Gasteiger partial charge in [-0.15, -0.1) is 0 Å². The molecular weight excluding hydrogens is 304 g/mol. The van der Waals surface area contributed by atoms with Crippen molar-refractivity contribution in [3.63, 3.8) is 0 Å². The van der Waals surface area contributed by atoms with E-state index >= 15 is 0 Å². The van der Waals surface area contributed by atoms with Gasteiger partial charge < -0.3 is 20.1 Å². The minimum absolute atomic E-state index is 0.0297. The van der Waals surface area contributed by atoms with Gasteiger partial charge >= 0.3 is 0 Å². The fourth-order valence-electron chi connectivity index (χ4n) is 2.80. The molecule has 0 spiro atoms. The molecule has 0 aliphatic heterocycles. The topological polar surface area (TPSA) is 69.9 Å². The van der Waals surface area contributed by atoms with Crippen LogP contribution in [0.5, 0.6) is 17.2 Å². The maximum absolute atomic E-state index is 10.5.